The highest BCUT2D eigenvalue weighted by atomic mass is 14.9. The van der Waals surface area contributed by atoms with Gasteiger partial charge in [0.05, 0.1) is 0 Å². The molecule has 0 fully saturated rings. The van der Waals surface area contributed by atoms with Gasteiger partial charge in [-0.3, -0.25) is 9.97 Å². The van der Waals surface area contributed by atoms with Gasteiger partial charge in [0.15, 0.2) is 18.9 Å². The molecule has 126 valence electrons. The summed E-state index contributed by atoms with van der Waals surface area (Å²) in [6, 6.07) is 21.2. The topological polar surface area (TPSA) is 29.7 Å². The summed E-state index contributed by atoms with van der Waals surface area (Å²) < 4.78 is 2.22. The molecule has 3 nitrogen and oxygen atoms in total. The zero-order valence-electron chi connectivity index (χ0n) is 14.5. The number of hydrogen-bond donors (Lipinski definition) is 0. The fourth-order valence-electron chi connectivity index (χ4n) is 3.01. The van der Waals surface area contributed by atoms with Gasteiger partial charge in [0, 0.05) is 43.3 Å². The third kappa shape index (κ3) is 3.83. The summed E-state index contributed by atoms with van der Waals surface area (Å²) in [5.41, 5.74) is 6.18. The maximum absolute atomic E-state index is 4.07. The summed E-state index contributed by atoms with van der Waals surface area (Å²) >= 11 is 0. The van der Waals surface area contributed by atoms with Crippen LogP contribution in [0.5, 0.6) is 0 Å². The standard InChI is InChI=1S/C23H20N3/c1-3-20(21-5-12-24-13-6-21)4-2-19(1)9-16-26-17-10-23(11-18-26)22-7-14-25-15-8-22/h1-8,10-15,17-18H,9,16H2/q+1. The molecule has 0 aliphatic carbocycles. The SMILES string of the molecule is c1cc(-c2ccc(CC[n+]3ccc(-c4ccncc4)cc3)cc2)ccn1. The molecule has 3 heteroatoms. The van der Waals surface area contributed by atoms with Gasteiger partial charge in [-0.2, -0.15) is 0 Å². The van der Waals surface area contributed by atoms with Crippen molar-refractivity contribution in [3.8, 4) is 22.3 Å². The summed E-state index contributed by atoms with van der Waals surface area (Å²) in [4.78, 5) is 8.14. The van der Waals surface area contributed by atoms with Crippen molar-refractivity contribution in [3.63, 3.8) is 0 Å². The van der Waals surface area contributed by atoms with Gasteiger partial charge in [0.2, 0.25) is 0 Å². The van der Waals surface area contributed by atoms with Crippen molar-refractivity contribution in [3.05, 3.63) is 103 Å². The van der Waals surface area contributed by atoms with E-state index < -0.39 is 0 Å². The Morgan fingerprint density at radius 1 is 0.538 bits per heavy atom. The second kappa shape index (κ2) is 7.70. The van der Waals surface area contributed by atoms with Crippen molar-refractivity contribution < 1.29 is 4.57 Å². The predicted octanol–water partition coefficient (Wildman–Crippen LogP) is 4.34. The fraction of sp³-hybridized carbons (Fsp3) is 0.0870. The molecule has 0 aliphatic heterocycles. The summed E-state index contributed by atoms with van der Waals surface area (Å²) in [6.45, 7) is 0.964. The van der Waals surface area contributed by atoms with Crippen molar-refractivity contribution in [1.29, 1.82) is 0 Å². The average Bonchev–Trinajstić information content (AvgIpc) is 2.74. The van der Waals surface area contributed by atoms with Gasteiger partial charge in [-0.25, -0.2) is 4.57 Å². The molecule has 0 amide bonds. The number of benzene rings is 1. The van der Waals surface area contributed by atoms with E-state index in [0.717, 1.165) is 13.0 Å². The minimum Gasteiger partial charge on any atom is -0.265 e. The van der Waals surface area contributed by atoms with Crippen molar-refractivity contribution in [1.82, 2.24) is 9.97 Å². The number of hydrogen-bond acceptors (Lipinski definition) is 2. The molecule has 0 saturated heterocycles. The lowest BCUT2D eigenvalue weighted by atomic mass is 10.0. The highest BCUT2D eigenvalue weighted by Crippen LogP contribution is 2.19. The van der Waals surface area contributed by atoms with Crippen LogP contribution >= 0.6 is 0 Å². The number of aromatic nitrogens is 3. The average molecular weight is 338 g/mol. The van der Waals surface area contributed by atoms with Crippen LogP contribution in [0.1, 0.15) is 5.56 Å². The Morgan fingerprint density at radius 2 is 1.00 bits per heavy atom. The first-order valence-electron chi connectivity index (χ1n) is 8.77. The molecule has 4 rings (SSSR count). The Kier molecular flexibility index (Phi) is 4.79. The highest BCUT2D eigenvalue weighted by Gasteiger charge is 2.04. The van der Waals surface area contributed by atoms with Crippen molar-refractivity contribution in [2.75, 3.05) is 0 Å². The molecule has 0 N–H and O–H groups in total. The molecular weight excluding hydrogens is 318 g/mol. The zero-order valence-corrected chi connectivity index (χ0v) is 14.5. The van der Waals surface area contributed by atoms with Crippen LogP contribution in [0, 0.1) is 0 Å². The maximum Gasteiger partial charge on any atom is 0.169 e. The Hall–Kier alpha value is -3.33. The quantitative estimate of drug-likeness (QED) is 0.507. The molecule has 3 aromatic heterocycles. The second-order valence-corrected chi connectivity index (χ2v) is 6.24. The highest BCUT2D eigenvalue weighted by molar-refractivity contribution is 5.63. The first kappa shape index (κ1) is 16.2. The summed E-state index contributed by atoms with van der Waals surface area (Å²) in [5.74, 6) is 0. The van der Waals surface area contributed by atoms with Gasteiger partial charge >= 0.3 is 0 Å². The van der Waals surface area contributed by atoms with Crippen LogP contribution in [-0.2, 0) is 13.0 Å². The number of aryl methyl sites for hydroxylation is 2. The minimum atomic E-state index is 0.964. The number of rotatable bonds is 5. The van der Waals surface area contributed by atoms with Crippen LogP contribution in [0.2, 0.25) is 0 Å². The normalized spacial score (nSPS) is 10.6. The van der Waals surface area contributed by atoms with Gasteiger partial charge in [0.25, 0.3) is 0 Å². The fourth-order valence-corrected chi connectivity index (χ4v) is 3.01. The van der Waals surface area contributed by atoms with E-state index in [0.29, 0.717) is 0 Å². The van der Waals surface area contributed by atoms with E-state index in [4.69, 9.17) is 0 Å². The molecule has 0 saturated carbocycles. The lowest BCUT2D eigenvalue weighted by molar-refractivity contribution is -0.696. The van der Waals surface area contributed by atoms with E-state index in [1.165, 1.54) is 27.8 Å². The minimum absolute atomic E-state index is 0.964. The van der Waals surface area contributed by atoms with Crippen LogP contribution in [0.3, 0.4) is 0 Å². The van der Waals surface area contributed by atoms with Crippen LogP contribution < -0.4 is 4.57 Å². The summed E-state index contributed by atoms with van der Waals surface area (Å²) in [6.07, 6.45) is 12.6. The Morgan fingerprint density at radius 3 is 1.54 bits per heavy atom. The van der Waals surface area contributed by atoms with Crippen molar-refractivity contribution in [2.45, 2.75) is 13.0 Å². The van der Waals surface area contributed by atoms with E-state index >= 15 is 0 Å². The molecule has 0 aliphatic rings. The second-order valence-electron chi connectivity index (χ2n) is 6.24. The van der Waals surface area contributed by atoms with Crippen molar-refractivity contribution >= 4 is 0 Å². The van der Waals surface area contributed by atoms with Gasteiger partial charge in [-0.05, 0) is 52.1 Å². The Bertz CT molecular complexity index is 865. The van der Waals surface area contributed by atoms with E-state index in [2.05, 4.69) is 63.3 Å². The van der Waals surface area contributed by atoms with Gasteiger partial charge < -0.3 is 0 Å². The zero-order chi connectivity index (χ0) is 17.6. The van der Waals surface area contributed by atoms with Gasteiger partial charge in [-0.1, -0.05) is 24.3 Å². The van der Waals surface area contributed by atoms with Crippen LogP contribution in [-0.4, -0.2) is 9.97 Å². The molecule has 0 radical (unpaired) electrons. The third-order valence-corrected chi connectivity index (χ3v) is 4.53. The van der Waals surface area contributed by atoms with Gasteiger partial charge in [-0.15, -0.1) is 0 Å². The third-order valence-electron chi connectivity index (χ3n) is 4.53. The lowest BCUT2D eigenvalue weighted by Crippen LogP contribution is -2.33. The molecule has 4 aromatic rings. The van der Waals surface area contributed by atoms with Crippen molar-refractivity contribution in [2.24, 2.45) is 0 Å². The Balaban J connectivity index is 1.40. The number of nitrogens with zero attached hydrogens (tertiary/aromatic N) is 3. The molecule has 0 spiro atoms. The summed E-state index contributed by atoms with van der Waals surface area (Å²) in [7, 11) is 0. The van der Waals surface area contributed by atoms with Gasteiger partial charge in [0.1, 0.15) is 0 Å². The first-order valence-corrected chi connectivity index (χ1v) is 8.77. The van der Waals surface area contributed by atoms with E-state index in [1.807, 2.05) is 49.1 Å². The number of pyridine rings is 3. The monoisotopic (exact) mass is 338 g/mol. The van der Waals surface area contributed by atoms with Crippen LogP contribution in [0.4, 0.5) is 0 Å². The molecule has 26 heavy (non-hydrogen) atoms. The molecule has 3 heterocycles. The first-order chi connectivity index (χ1) is 12.9. The molecule has 0 atom stereocenters. The molecule has 0 unspecified atom stereocenters. The lowest BCUT2D eigenvalue weighted by Gasteiger charge is -2.04. The smallest absolute Gasteiger partial charge is 0.169 e. The maximum atomic E-state index is 4.07. The van der Waals surface area contributed by atoms with E-state index in [9.17, 15) is 0 Å². The Labute approximate surface area is 153 Å². The predicted molar refractivity (Wildman–Crippen MR) is 103 cm³/mol. The van der Waals surface area contributed by atoms with E-state index in [-0.39, 0.29) is 0 Å². The largest absolute Gasteiger partial charge is 0.265 e. The molecular formula is C23H20N3+. The molecule has 0 bridgehead atoms. The van der Waals surface area contributed by atoms with E-state index in [1.54, 1.807) is 0 Å². The van der Waals surface area contributed by atoms with Crippen LogP contribution in [0.25, 0.3) is 22.3 Å². The summed E-state index contributed by atoms with van der Waals surface area (Å²) in [5, 5.41) is 0. The van der Waals surface area contributed by atoms with Crippen LogP contribution in [0.15, 0.2) is 97.8 Å². The molecule has 1 aromatic carbocycles.